The Morgan fingerprint density at radius 1 is 1.53 bits per heavy atom. The maximum Gasteiger partial charge on any atom is 0.146 e. The lowest BCUT2D eigenvalue weighted by molar-refractivity contribution is 0.199. The van der Waals surface area contributed by atoms with Gasteiger partial charge in [-0.15, -0.1) is 0 Å². The van der Waals surface area contributed by atoms with Gasteiger partial charge in [-0.2, -0.15) is 0 Å². The molecule has 1 aromatic rings. The van der Waals surface area contributed by atoms with Crippen molar-refractivity contribution in [3.8, 4) is 0 Å². The second-order valence-electron chi connectivity index (χ2n) is 4.86. The minimum atomic E-state index is -0.624. The van der Waals surface area contributed by atoms with Crippen LogP contribution in [0.25, 0.3) is 0 Å². The molecule has 1 heterocycles. The van der Waals surface area contributed by atoms with Crippen LogP contribution in [0, 0.1) is 11.7 Å². The highest BCUT2D eigenvalue weighted by atomic mass is 19.1. The highest BCUT2D eigenvalue weighted by Gasteiger charge is 2.26. The van der Waals surface area contributed by atoms with Crippen LogP contribution in [0.15, 0.2) is 18.2 Å². The molecule has 0 bridgehead atoms. The van der Waals surface area contributed by atoms with E-state index in [-0.39, 0.29) is 5.82 Å². The first-order valence-corrected chi connectivity index (χ1v) is 6.35. The van der Waals surface area contributed by atoms with Crippen LogP contribution < -0.4 is 4.90 Å². The van der Waals surface area contributed by atoms with Crippen LogP contribution in [-0.4, -0.2) is 18.2 Å². The molecule has 94 valence electrons. The number of benzene rings is 1. The zero-order valence-electron chi connectivity index (χ0n) is 10.5. The molecule has 1 N–H and O–H groups in total. The van der Waals surface area contributed by atoms with E-state index in [2.05, 4.69) is 11.8 Å². The highest BCUT2D eigenvalue weighted by Crippen LogP contribution is 2.33. The van der Waals surface area contributed by atoms with E-state index in [1.165, 1.54) is 6.07 Å². The summed E-state index contributed by atoms with van der Waals surface area (Å²) in [6, 6.07) is 4.94. The average Bonchev–Trinajstić information content (AvgIpc) is 2.76. The molecule has 2 rings (SSSR count). The molecule has 0 spiro atoms. The SMILES string of the molecule is CCC1CCN(c2c(F)cccc2C(C)O)C1. The number of hydrogen-bond donors (Lipinski definition) is 1. The Morgan fingerprint density at radius 2 is 2.29 bits per heavy atom. The molecule has 2 unspecified atom stereocenters. The summed E-state index contributed by atoms with van der Waals surface area (Å²) in [5.74, 6) is 0.427. The van der Waals surface area contributed by atoms with Gasteiger partial charge >= 0.3 is 0 Å². The standard InChI is InChI=1S/C14H20FNO/c1-3-11-7-8-16(9-11)14-12(10(2)17)5-4-6-13(14)15/h4-6,10-11,17H,3,7-9H2,1-2H3. The summed E-state index contributed by atoms with van der Waals surface area (Å²) in [6.45, 7) is 5.65. The molecule has 0 saturated carbocycles. The predicted molar refractivity (Wildman–Crippen MR) is 67.6 cm³/mol. The fourth-order valence-corrected chi connectivity index (χ4v) is 2.57. The Hall–Kier alpha value is -1.09. The quantitative estimate of drug-likeness (QED) is 0.873. The molecule has 1 aliphatic rings. The number of rotatable bonds is 3. The number of anilines is 1. The number of aliphatic hydroxyl groups is 1. The number of para-hydroxylation sites is 1. The van der Waals surface area contributed by atoms with Crippen molar-refractivity contribution in [3.05, 3.63) is 29.6 Å². The Bertz CT molecular complexity index is 392. The molecule has 2 nitrogen and oxygen atoms in total. The van der Waals surface area contributed by atoms with Gasteiger partial charge in [0.05, 0.1) is 11.8 Å². The van der Waals surface area contributed by atoms with Gasteiger partial charge in [-0.3, -0.25) is 0 Å². The van der Waals surface area contributed by atoms with Crippen molar-refractivity contribution in [3.63, 3.8) is 0 Å². The summed E-state index contributed by atoms with van der Waals surface area (Å²) in [5, 5.41) is 9.72. The topological polar surface area (TPSA) is 23.5 Å². The molecule has 1 fully saturated rings. The van der Waals surface area contributed by atoms with Crippen LogP contribution in [-0.2, 0) is 0 Å². The molecule has 17 heavy (non-hydrogen) atoms. The largest absolute Gasteiger partial charge is 0.389 e. The molecule has 2 atom stereocenters. The van der Waals surface area contributed by atoms with Gasteiger partial charge in [-0.25, -0.2) is 4.39 Å². The van der Waals surface area contributed by atoms with Crippen molar-refractivity contribution in [2.24, 2.45) is 5.92 Å². The van der Waals surface area contributed by atoms with E-state index in [1.807, 2.05) is 6.07 Å². The molecule has 1 aliphatic heterocycles. The van der Waals surface area contributed by atoms with Crippen molar-refractivity contribution < 1.29 is 9.50 Å². The lowest BCUT2D eigenvalue weighted by Crippen LogP contribution is -2.22. The van der Waals surface area contributed by atoms with E-state index in [4.69, 9.17) is 0 Å². The minimum absolute atomic E-state index is 0.222. The predicted octanol–water partition coefficient (Wildman–Crippen LogP) is 3.12. The van der Waals surface area contributed by atoms with Gasteiger partial charge in [-0.1, -0.05) is 25.5 Å². The number of nitrogens with zero attached hydrogens (tertiary/aromatic N) is 1. The first-order chi connectivity index (χ1) is 8.13. The first-order valence-electron chi connectivity index (χ1n) is 6.35. The molecule has 1 aromatic carbocycles. The third-order valence-electron chi connectivity index (χ3n) is 3.65. The van der Waals surface area contributed by atoms with Crippen molar-refractivity contribution in [1.82, 2.24) is 0 Å². The average molecular weight is 237 g/mol. The molecule has 0 aliphatic carbocycles. The zero-order valence-corrected chi connectivity index (χ0v) is 10.5. The Balaban J connectivity index is 2.31. The summed E-state index contributed by atoms with van der Waals surface area (Å²) < 4.78 is 13.9. The highest BCUT2D eigenvalue weighted by molar-refractivity contribution is 5.56. The zero-order chi connectivity index (χ0) is 12.4. The monoisotopic (exact) mass is 237 g/mol. The summed E-state index contributed by atoms with van der Waals surface area (Å²) in [6.07, 6.45) is 1.63. The number of aliphatic hydroxyl groups excluding tert-OH is 1. The van der Waals surface area contributed by atoms with Crippen LogP contribution in [0.3, 0.4) is 0 Å². The third kappa shape index (κ3) is 2.44. The normalized spacial score (nSPS) is 21.9. The van der Waals surface area contributed by atoms with Gasteiger partial charge in [0.15, 0.2) is 0 Å². The van der Waals surface area contributed by atoms with E-state index < -0.39 is 6.10 Å². The minimum Gasteiger partial charge on any atom is -0.389 e. The van der Waals surface area contributed by atoms with E-state index >= 15 is 0 Å². The number of hydrogen-bond acceptors (Lipinski definition) is 2. The third-order valence-corrected chi connectivity index (χ3v) is 3.65. The lowest BCUT2D eigenvalue weighted by Gasteiger charge is -2.23. The van der Waals surface area contributed by atoms with Crippen LogP contribution in [0.4, 0.5) is 10.1 Å². The number of halogens is 1. The van der Waals surface area contributed by atoms with E-state index in [9.17, 15) is 9.50 Å². The maximum absolute atomic E-state index is 13.9. The van der Waals surface area contributed by atoms with Crippen molar-refractivity contribution in [1.29, 1.82) is 0 Å². The van der Waals surface area contributed by atoms with Crippen molar-refractivity contribution >= 4 is 5.69 Å². The smallest absolute Gasteiger partial charge is 0.146 e. The summed E-state index contributed by atoms with van der Waals surface area (Å²) >= 11 is 0. The second-order valence-corrected chi connectivity index (χ2v) is 4.86. The van der Waals surface area contributed by atoms with Gasteiger partial charge < -0.3 is 10.0 Å². The van der Waals surface area contributed by atoms with Crippen LogP contribution >= 0.6 is 0 Å². The Morgan fingerprint density at radius 3 is 2.88 bits per heavy atom. The van der Waals surface area contributed by atoms with E-state index in [0.717, 1.165) is 25.9 Å². The van der Waals surface area contributed by atoms with Gasteiger partial charge in [-0.05, 0) is 25.3 Å². The Kier molecular flexibility index (Phi) is 3.67. The summed E-state index contributed by atoms with van der Waals surface area (Å²) in [5.41, 5.74) is 1.29. The fraction of sp³-hybridized carbons (Fsp3) is 0.571. The van der Waals surface area contributed by atoms with Crippen LogP contribution in [0.5, 0.6) is 0 Å². The fourth-order valence-electron chi connectivity index (χ4n) is 2.57. The second kappa shape index (κ2) is 5.05. The van der Waals surface area contributed by atoms with E-state index in [1.54, 1.807) is 13.0 Å². The van der Waals surface area contributed by atoms with Gasteiger partial charge in [0.25, 0.3) is 0 Å². The molecule has 0 amide bonds. The molecule has 1 saturated heterocycles. The van der Waals surface area contributed by atoms with Gasteiger partial charge in [0.2, 0.25) is 0 Å². The molecule has 0 aromatic heterocycles. The molecule has 0 radical (unpaired) electrons. The van der Waals surface area contributed by atoms with Gasteiger partial charge in [0.1, 0.15) is 5.82 Å². The molecule has 3 heteroatoms. The lowest BCUT2D eigenvalue weighted by atomic mass is 10.1. The summed E-state index contributed by atoms with van der Waals surface area (Å²) in [4.78, 5) is 2.07. The van der Waals surface area contributed by atoms with Crippen molar-refractivity contribution in [2.75, 3.05) is 18.0 Å². The summed E-state index contributed by atoms with van der Waals surface area (Å²) in [7, 11) is 0. The first kappa shape index (κ1) is 12.4. The Labute approximate surface area is 102 Å². The van der Waals surface area contributed by atoms with Crippen LogP contribution in [0.1, 0.15) is 38.4 Å². The van der Waals surface area contributed by atoms with Crippen LogP contribution in [0.2, 0.25) is 0 Å². The maximum atomic E-state index is 13.9. The molecular formula is C14H20FNO. The molecular weight excluding hydrogens is 217 g/mol. The van der Waals surface area contributed by atoms with Crippen molar-refractivity contribution in [2.45, 2.75) is 32.8 Å². The van der Waals surface area contributed by atoms with Gasteiger partial charge in [0, 0.05) is 18.7 Å². The van der Waals surface area contributed by atoms with E-state index in [0.29, 0.717) is 17.2 Å².